The molecule has 0 fully saturated rings. The predicted octanol–water partition coefficient (Wildman–Crippen LogP) is 1.95. The first-order valence-electron chi connectivity index (χ1n) is 6.57. The highest BCUT2D eigenvalue weighted by Gasteiger charge is 2.24. The van der Waals surface area contributed by atoms with Crippen LogP contribution in [0.25, 0.3) is 0 Å². The van der Waals surface area contributed by atoms with Gasteiger partial charge in [-0.05, 0) is 19.8 Å². The van der Waals surface area contributed by atoms with Gasteiger partial charge in [-0.1, -0.05) is 25.2 Å². The van der Waals surface area contributed by atoms with Gasteiger partial charge < -0.3 is 21.1 Å². The van der Waals surface area contributed by atoms with Crippen molar-refractivity contribution >= 4 is 28.2 Å². The van der Waals surface area contributed by atoms with E-state index in [4.69, 9.17) is 10.5 Å². The number of rotatable bonds is 7. The molecule has 0 saturated heterocycles. The fourth-order valence-electron chi connectivity index (χ4n) is 1.62. The van der Waals surface area contributed by atoms with Crippen molar-refractivity contribution in [2.45, 2.75) is 33.2 Å². The number of anilines is 2. The zero-order valence-electron chi connectivity index (χ0n) is 12.7. The summed E-state index contributed by atoms with van der Waals surface area (Å²) in [5, 5.41) is 6.73. The van der Waals surface area contributed by atoms with Crippen LogP contribution in [0.4, 0.5) is 10.9 Å². The van der Waals surface area contributed by atoms with Crippen molar-refractivity contribution in [2.75, 3.05) is 31.3 Å². The van der Waals surface area contributed by atoms with Crippen molar-refractivity contribution in [1.82, 2.24) is 10.3 Å². The summed E-state index contributed by atoms with van der Waals surface area (Å²) in [6.07, 6.45) is 0. The van der Waals surface area contributed by atoms with Crippen molar-refractivity contribution in [1.29, 1.82) is 0 Å². The number of carbonyl (C=O) groups is 1. The first-order chi connectivity index (χ1) is 9.25. The zero-order valence-corrected chi connectivity index (χ0v) is 13.6. The monoisotopic (exact) mass is 300 g/mol. The lowest BCUT2D eigenvalue weighted by Gasteiger charge is -2.24. The average Bonchev–Trinajstić information content (AvgIpc) is 2.67. The third kappa shape index (κ3) is 4.97. The van der Waals surface area contributed by atoms with Crippen LogP contribution in [0.15, 0.2) is 0 Å². The van der Waals surface area contributed by atoms with E-state index in [1.807, 2.05) is 13.8 Å². The highest BCUT2D eigenvalue weighted by molar-refractivity contribution is 7.18. The summed E-state index contributed by atoms with van der Waals surface area (Å²) in [6, 6.07) is 0. The topological polar surface area (TPSA) is 89.3 Å². The van der Waals surface area contributed by atoms with Crippen molar-refractivity contribution in [3.8, 4) is 0 Å². The molecule has 0 atom stereocenters. The number of nitrogen functional groups attached to an aromatic ring is 1. The number of hydrogen-bond acceptors (Lipinski definition) is 6. The SMILES string of the molecule is COCC(C)(C)NC(=O)c1sc(NCC(C)C)nc1N. The van der Waals surface area contributed by atoms with E-state index < -0.39 is 5.54 Å². The molecule has 114 valence electrons. The fraction of sp³-hybridized carbons (Fsp3) is 0.692. The third-order valence-electron chi connectivity index (χ3n) is 2.48. The number of nitrogens with zero attached hydrogens (tertiary/aromatic N) is 1. The van der Waals surface area contributed by atoms with Crippen LogP contribution in [-0.2, 0) is 4.74 Å². The first kappa shape index (κ1) is 16.7. The molecule has 1 rings (SSSR count). The van der Waals surface area contributed by atoms with Crippen molar-refractivity contribution in [2.24, 2.45) is 5.92 Å². The number of nitrogens with two attached hydrogens (primary N) is 1. The lowest BCUT2D eigenvalue weighted by atomic mass is 10.1. The Hall–Kier alpha value is -1.34. The molecule has 0 aromatic carbocycles. The van der Waals surface area contributed by atoms with E-state index in [1.54, 1.807) is 7.11 Å². The fourth-order valence-corrected chi connectivity index (χ4v) is 2.41. The quantitative estimate of drug-likeness (QED) is 0.716. The van der Waals surface area contributed by atoms with Gasteiger partial charge in [0.1, 0.15) is 10.7 Å². The average molecular weight is 300 g/mol. The molecule has 1 amide bonds. The molecule has 0 unspecified atom stereocenters. The number of carbonyl (C=O) groups excluding carboxylic acids is 1. The molecule has 1 aromatic rings. The summed E-state index contributed by atoms with van der Waals surface area (Å²) < 4.78 is 5.07. The number of amides is 1. The minimum Gasteiger partial charge on any atom is -0.382 e. The minimum absolute atomic E-state index is 0.223. The maximum Gasteiger partial charge on any atom is 0.265 e. The van der Waals surface area contributed by atoms with Crippen LogP contribution in [0, 0.1) is 5.92 Å². The molecule has 0 aliphatic rings. The highest BCUT2D eigenvalue weighted by Crippen LogP contribution is 2.25. The number of methoxy groups -OCH3 is 1. The number of aromatic nitrogens is 1. The summed E-state index contributed by atoms with van der Waals surface area (Å²) in [4.78, 5) is 16.8. The van der Waals surface area contributed by atoms with Gasteiger partial charge in [-0.25, -0.2) is 4.98 Å². The number of ether oxygens (including phenoxy) is 1. The largest absolute Gasteiger partial charge is 0.382 e. The van der Waals surface area contributed by atoms with Crippen LogP contribution in [0.1, 0.15) is 37.4 Å². The lowest BCUT2D eigenvalue weighted by Crippen LogP contribution is -2.46. The normalized spacial score (nSPS) is 11.7. The van der Waals surface area contributed by atoms with E-state index >= 15 is 0 Å². The van der Waals surface area contributed by atoms with Crippen molar-refractivity contribution in [3.05, 3.63) is 4.88 Å². The molecule has 0 aliphatic heterocycles. The zero-order chi connectivity index (χ0) is 15.3. The second kappa shape index (κ2) is 6.90. The second-order valence-corrected chi connectivity index (χ2v) is 6.78. The standard InChI is InChI=1S/C13H24N4O2S/c1-8(2)6-15-12-16-10(14)9(20-12)11(18)17-13(3,4)7-19-5/h8H,6-7,14H2,1-5H3,(H,15,16)(H,17,18). The molecule has 1 aromatic heterocycles. The maximum absolute atomic E-state index is 12.2. The number of nitrogens with one attached hydrogen (secondary N) is 2. The Kier molecular flexibility index (Phi) is 5.76. The van der Waals surface area contributed by atoms with E-state index in [0.29, 0.717) is 22.5 Å². The molecule has 1 heterocycles. The van der Waals surface area contributed by atoms with Crippen LogP contribution in [0.2, 0.25) is 0 Å². The van der Waals surface area contributed by atoms with Crippen LogP contribution < -0.4 is 16.4 Å². The van der Waals surface area contributed by atoms with Crippen molar-refractivity contribution < 1.29 is 9.53 Å². The van der Waals surface area contributed by atoms with Gasteiger partial charge in [0, 0.05) is 13.7 Å². The van der Waals surface area contributed by atoms with Gasteiger partial charge in [-0.15, -0.1) is 0 Å². The van der Waals surface area contributed by atoms with Crippen molar-refractivity contribution in [3.63, 3.8) is 0 Å². The molecule has 0 radical (unpaired) electrons. The Morgan fingerprint density at radius 2 is 2.15 bits per heavy atom. The number of thiazole rings is 1. The van der Waals surface area contributed by atoms with Gasteiger partial charge in [0.25, 0.3) is 5.91 Å². The molecule has 4 N–H and O–H groups in total. The first-order valence-corrected chi connectivity index (χ1v) is 7.38. The van der Waals surface area contributed by atoms with Gasteiger partial charge in [0.15, 0.2) is 5.13 Å². The number of hydrogen-bond donors (Lipinski definition) is 3. The Morgan fingerprint density at radius 3 is 2.70 bits per heavy atom. The van der Waals surface area contributed by atoms with Gasteiger partial charge in [-0.3, -0.25) is 4.79 Å². The van der Waals surface area contributed by atoms with E-state index in [1.165, 1.54) is 11.3 Å². The summed E-state index contributed by atoms with van der Waals surface area (Å²) in [5.74, 6) is 0.532. The molecule has 6 nitrogen and oxygen atoms in total. The van der Waals surface area contributed by atoms with Gasteiger partial charge in [0.05, 0.1) is 12.1 Å². The minimum atomic E-state index is -0.451. The second-order valence-electron chi connectivity index (χ2n) is 5.78. The van der Waals surface area contributed by atoms with Crippen LogP contribution >= 0.6 is 11.3 Å². The van der Waals surface area contributed by atoms with Crippen LogP contribution in [0.3, 0.4) is 0 Å². The molecule has 0 saturated carbocycles. The molecular weight excluding hydrogens is 276 g/mol. The van der Waals surface area contributed by atoms with Gasteiger partial charge in [-0.2, -0.15) is 0 Å². The molecule has 20 heavy (non-hydrogen) atoms. The Labute approximate surface area is 124 Å². The Balaban J connectivity index is 2.73. The van der Waals surface area contributed by atoms with E-state index in [-0.39, 0.29) is 11.7 Å². The summed E-state index contributed by atoms with van der Waals surface area (Å²) in [7, 11) is 1.60. The maximum atomic E-state index is 12.2. The lowest BCUT2D eigenvalue weighted by molar-refractivity contribution is 0.0824. The molecular formula is C13H24N4O2S. The van der Waals surface area contributed by atoms with E-state index in [9.17, 15) is 4.79 Å². The summed E-state index contributed by atoms with van der Waals surface area (Å²) in [5.41, 5.74) is 5.36. The van der Waals surface area contributed by atoms with Gasteiger partial charge >= 0.3 is 0 Å². The molecule has 0 bridgehead atoms. The third-order valence-corrected chi connectivity index (χ3v) is 3.51. The van der Waals surface area contributed by atoms with Crippen LogP contribution in [-0.4, -0.2) is 36.7 Å². The highest BCUT2D eigenvalue weighted by atomic mass is 32.1. The molecule has 0 aliphatic carbocycles. The smallest absolute Gasteiger partial charge is 0.265 e. The molecule has 0 spiro atoms. The van der Waals surface area contributed by atoms with Gasteiger partial charge in [0.2, 0.25) is 0 Å². The van der Waals surface area contributed by atoms with E-state index in [0.717, 1.165) is 6.54 Å². The summed E-state index contributed by atoms with van der Waals surface area (Å²) in [6.45, 7) is 9.21. The summed E-state index contributed by atoms with van der Waals surface area (Å²) >= 11 is 1.27. The Bertz CT molecular complexity index is 457. The Morgan fingerprint density at radius 1 is 1.50 bits per heavy atom. The van der Waals surface area contributed by atoms with E-state index in [2.05, 4.69) is 29.5 Å². The van der Waals surface area contributed by atoms with Crippen LogP contribution in [0.5, 0.6) is 0 Å². The predicted molar refractivity (Wildman–Crippen MR) is 83.3 cm³/mol. The molecule has 7 heteroatoms.